The van der Waals surface area contributed by atoms with E-state index in [1.54, 1.807) is 6.20 Å². The van der Waals surface area contributed by atoms with Crippen molar-refractivity contribution in [1.82, 2.24) is 9.97 Å². The molecule has 94 valence electrons. The summed E-state index contributed by atoms with van der Waals surface area (Å²) in [4.78, 5) is 8.60. The Morgan fingerprint density at radius 2 is 1.89 bits per heavy atom. The quantitative estimate of drug-likeness (QED) is 0.877. The van der Waals surface area contributed by atoms with Crippen LogP contribution in [-0.2, 0) is 0 Å². The minimum Gasteiger partial charge on any atom is -0.494 e. The van der Waals surface area contributed by atoms with Gasteiger partial charge < -0.3 is 10.1 Å². The summed E-state index contributed by atoms with van der Waals surface area (Å²) in [5.74, 6) is 1.53. The topological polar surface area (TPSA) is 47.0 Å². The van der Waals surface area contributed by atoms with Crippen molar-refractivity contribution in [2.75, 3.05) is 18.5 Å². The molecule has 4 heteroatoms. The third kappa shape index (κ3) is 2.97. The highest BCUT2D eigenvalue weighted by atomic mass is 16.5. The summed E-state index contributed by atoms with van der Waals surface area (Å²) in [5.41, 5.74) is 1.96. The van der Waals surface area contributed by atoms with Crippen LogP contribution in [0, 0.1) is 0 Å². The largest absolute Gasteiger partial charge is 0.494 e. The molecule has 4 nitrogen and oxygen atoms in total. The van der Waals surface area contributed by atoms with Crippen molar-refractivity contribution in [2.45, 2.75) is 13.8 Å². The maximum Gasteiger partial charge on any atom is 0.223 e. The van der Waals surface area contributed by atoms with Crippen molar-refractivity contribution in [3.63, 3.8) is 0 Å². The number of ether oxygens (including phenoxy) is 1. The molecule has 2 aromatic rings. The van der Waals surface area contributed by atoms with Crippen LogP contribution in [-0.4, -0.2) is 23.1 Å². The average Bonchev–Trinajstić information content (AvgIpc) is 2.41. The van der Waals surface area contributed by atoms with Gasteiger partial charge in [0.15, 0.2) is 0 Å². The Balaban J connectivity index is 2.22. The minimum absolute atomic E-state index is 0.656. The molecule has 0 aliphatic heterocycles. The van der Waals surface area contributed by atoms with Gasteiger partial charge in [-0.25, -0.2) is 9.97 Å². The molecule has 1 aromatic heterocycles. The van der Waals surface area contributed by atoms with E-state index in [1.807, 2.05) is 44.2 Å². The highest BCUT2D eigenvalue weighted by Gasteiger charge is 2.02. The fourth-order valence-electron chi connectivity index (χ4n) is 1.65. The average molecular weight is 243 g/mol. The van der Waals surface area contributed by atoms with Gasteiger partial charge >= 0.3 is 0 Å². The Labute approximate surface area is 107 Å². The first-order chi connectivity index (χ1) is 8.83. The monoisotopic (exact) mass is 243 g/mol. The summed E-state index contributed by atoms with van der Waals surface area (Å²) in [6, 6.07) is 9.81. The van der Waals surface area contributed by atoms with E-state index in [1.165, 1.54) is 0 Å². The van der Waals surface area contributed by atoms with Gasteiger partial charge in [0.1, 0.15) is 5.75 Å². The van der Waals surface area contributed by atoms with E-state index in [4.69, 9.17) is 4.74 Å². The third-order valence-corrected chi connectivity index (χ3v) is 2.45. The molecule has 0 bridgehead atoms. The lowest BCUT2D eigenvalue weighted by atomic mass is 10.1. The molecule has 1 aromatic carbocycles. The van der Waals surface area contributed by atoms with Gasteiger partial charge in [-0.1, -0.05) is 0 Å². The molecule has 0 aliphatic rings. The van der Waals surface area contributed by atoms with Crippen LogP contribution in [0.4, 0.5) is 5.95 Å². The van der Waals surface area contributed by atoms with E-state index in [0.717, 1.165) is 23.6 Å². The number of rotatable bonds is 5. The Morgan fingerprint density at radius 1 is 1.11 bits per heavy atom. The van der Waals surface area contributed by atoms with Crippen LogP contribution in [0.5, 0.6) is 5.75 Å². The molecule has 0 amide bonds. The van der Waals surface area contributed by atoms with Crippen LogP contribution in [0.2, 0.25) is 0 Å². The number of aromatic nitrogens is 2. The summed E-state index contributed by atoms with van der Waals surface area (Å²) in [5, 5.41) is 3.10. The molecular formula is C14H17N3O. The number of nitrogens with one attached hydrogen (secondary N) is 1. The van der Waals surface area contributed by atoms with Gasteiger partial charge in [0, 0.05) is 18.3 Å². The van der Waals surface area contributed by atoms with Crippen molar-refractivity contribution in [3.8, 4) is 17.0 Å². The van der Waals surface area contributed by atoms with E-state index < -0.39 is 0 Å². The van der Waals surface area contributed by atoms with Crippen molar-refractivity contribution >= 4 is 5.95 Å². The Hall–Kier alpha value is -2.10. The standard InChI is InChI=1S/C14H17N3O/c1-3-15-14-16-10-9-13(17-14)11-5-7-12(8-6-11)18-4-2/h5-10H,3-4H2,1-2H3,(H,15,16,17). The highest BCUT2D eigenvalue weighted by molar-refractivity contribution is 5.60. The van der Waals surface area contributed by atoms with Crippen LogP contribution in [0.15, 0.2) is 36.5 Å². The number of benzene rings is 1. The summed E-state index contributed by atoms with van der Waals surface area (Å²) in [6.45, 7) is 5.48. The van der Waals surface area contributed by atoms with E-state index in [0.29, 0.717) is 12.6 Å². The predicted molar refractivity (Wildman–Crippen MR) is 72.8 cm³/mol. The van der Waals surface area contributed by atoms with Gasteiger partial charge in [-0.3, -0.25) is 0 Å². The van der Waals surface area contributed by atoms with E-state index in [-0.39, 0.29) is 0 Å². The highest BCUT2D eigenvalue weighted by Crippen LogP contribution is 2.21. The van der Waals surface area contributed by atoms with Crippen LogP contribution in [0.3, 0.4) is 0 Å². The molecule has 0 saturated carbocycles. The molecule has 0 aliphatic carbocycles. The Morgan fingerprint density at radius 3 is 2.56 bits per heavy atom. The molecule has 1 N–H and O–H groups in total. The van der Waals surface area contributed by atoms with Crippen LogP contribution >= 0.6 is 0 Å². The maximum atomic E-state index is 5.41. The van der Waals surface area contributed by atoms with Crippen LogP contribution in [0.1, 0.15) is 13.8 Å². The second-order valence-electron chi connectivity index (χ2n) is 3.75. The fourth-order valence-corrected chi connectivity index (χ4v) is 1.65. The lowest BCUT2D eigenvalue weighted by Gasteiger charge is -2.06. The van der Waals surface area contributed by atoms with Crippen molar-refractivity contribution in [1.29, 1.82) is 0 Å². The Bertz CT molecular complexity index is 497. The van der Waals surface area contributed by atoms with E-state index in [9.17, 15) is 0 Å². The zero-order valence-electron chi connectivity index (χ0n) is 10.7. The predicted octanol–water partition coefficient (Wildman–Crippen LogP) is 2.97. The molecule has 0 unspecified atom stereocenters. The number of hydrogen-bond acceptors (Lipinski definition) is 4. The van der Waals surface area contributed by atoms with Gasteiger partial charge in [-0.05, 0) is 44.2 Å². The zero-order chi connectivity index (χ0) is 12.8. The Kier molecular flexibility index (Phi) is 4.12. The van der Waals surface area contributed by atoms with Crippen molar-refractivity contribution < 1.29 is 4.74 Å². The van der Waals surface area contributed by atoms with Crippen LogP contribution in [0.25, 0.3) is 11.3 Å². The molecule has 1 heterocycles. The smallest absolute Gasteiger partial charge is 0.223 e. The molecule has 0 spiro atoms. The molecule has 0 saturated heterocycles. The molecule has 0 radical (unpaired) electrons. The second-order valence-corrected chi connectivity index (χ2v) is 3.75. The third-order valence-electron chi connectivity index (χ3n) is 2.45. The van der Waals surface area contributed by atoms with Gasteiger partial charge in [-0.15, -0.1) is 0 Å². The van der Waals surface area contributed by atoms with Gasteiger partial charge in [-0.2, -0.15) is 0 Å². The number of nitrogens with zero attached hydrogens (tertiary/aromatic N) is 2. The molecular weight excluding hydrogens is 226 g/mol. The van der Waals surface area contributed by atoms with E-state index in [2.05, 4.69) is 15.3 Å². The fraction of sp³-hybridized carbons (Fsp3) is 0.286. The van der Waals surface area contributed by atoms with Gasteiger partial charge in [0.05, 0.1) is 12.3 Å². The maximum absolute atomic E-state index is 5.41. The summed E-state index contributed by atoms with van der Waals surface area (Å²) in [7, 11) is 0. The summed E-state index contributed by atoms with van der Waals surface area (Å²) < 4.78 is 5.41. The first-order valence-electron chi connectivity index (χ1n) is 6.13. The van der Waals surface area contributed by atoms with E-state index >= 15 is 0 Å². The van der Waals surface area contributed by atoms with Gasteiger partial charge in [0.2, 0.25) is 5.95 Å². The van der Waals surface area contributed by atoms with Crippen molar-refractivity contribution in [2.24, 2.45) is 0 Å². The van der Waals surface area contributed by atoms with Crippen molar-refractivity contribution in [3.05, 3.63) is 36.5 Å². The summed E-state index contributed by atoms with van der Waals surface area (Å²) >= 11 is 0. The molecule has 18 heavy (non-hydrogen) atoms. The SMILES string of the molecule is CCNc1nccc(-c2ccc(OCC)cc2)n1. The number of anilines is 1. The molecule has 0 atom stereocenters. The van der Waals surface area contributed by atoms with Gasteiger partial charge in [0.25, 0.3) is 0 Å². The lowest BCUT2D eigenvalue weighted by Crippen LogP contribution is -2.02. The molecule has 2 rings (SSSR count). The minimum atomic E-state index is 0.656. The zero-order valence-corrected chi connectivity index (χ0v) is 10.7. The molecule has 0 fully saturated rings. The normalized spacial score (nSPS) is 10.1. The lowest BCUT2D eigenvalue weighted by molar-refractivity contribution is 0.340. The van der Waals surface area contributed by atoms with Crippen LogP contribution < -0.4 is 10.1 Å². The first-order valence-corrected chi connectivity index (χ1v) is 6.13. The second kappa shape index (κ2) is 6.00. The first kappa shape index (κ1) is 12.4. The summed E-state index contributed by atoms with van der Waals surface area (Å²) in [6.07, 6.45) is 1.76. The number of hydrogen-bond donors (Lipinski definition) is 1.